The second kappa shape index (κ2) is 8.12. The van der Waals surface area contributed by atoms with E-state index in [1.807, 2.05) is 24.3 Å². The van der Waals surface area contributed by atoms with Crippen LogP contribution in [0.25, 0.3) is 0 Å². The zero-order valence-electron chi connectivity index (χ0n) is 12.9. The van der Waals surface area contributed by atoms with E-state index in [2.05, 4.69) is 5.32 Å². The molecule has 22 heavy (non-hydrogen) atoms. The molecular weight excluding hydrogens is 282 g/mol. The SMILES string of the molecule is COc1ccccc1OC(C)C(=O)NCCCc1ccco1. The molecule has 2 rings (SSSR count). The molecule has 1 heterocycles. The number of aryl methyl sites for hydroxylation is 1. The number of rotatable bonds is 8. The van der Waals surface area contributed by atoms with E-state index in [1.165, 1.54) is 0 Å². The Bertz CT molecular complexity index is 580. The van der Waals surface area contributed by atoms with Gasteiger partial charge in [0.1, 0.15) is 5.76 Å². The molecule has 2 aromatic rings. The van der Waals surface area contributed by atoms with Crippen LogP contribution in [0, 0.1) is 0 Å². The minimum Gasteiger partial charge on any atom is -0.493 e. The molecule has 1 atom stereocenters. The lowest BCUT2D eigenvalue weighted by atomic mass is 10.2. The molecule has 0 aliphatic heterocycles. The van der Waals surface area contributed by atoms with Crippen LogP contribution < -0.4 is 14.8 Å². The molecule has 0 aliphatic rings. The van der Waals surface area contributed by atoms with Crippen molar-refractivity contribution >= 4 is 5.91 Å². The highest BCUT2D eigenvalue weighted by atomic mass is 16.5. The van der Waals surface area contributed by atoms with Crippen LogP contribution in [-0.4, -0.2) is 25.7 Å². The molecule has 5 nitrogen and oxygen atoms in total. The number of methoxy groups -OCH3 is 1. The van der Waals surface area contributed by atoms with Crippen LogP contribution in [0.15, 0.2) is 47.1 Å². The van der Waals surface area contributed by atoms with Gasteiger partial charge < -0.3 is 19.2 Å². The highest BCUT2D eigenvalue weighted by molar-refractivity contribution is 5.80. The van der Waals surface area contributed by atoms with Crippen molar-refractivity contribution in [3.63, 3.8) is 0 Å². The summed E-state index contributed by atoms with van der Waals surface area (Å²) >= 11 is 0. The first-order valence-electron chi connectivity index (χ1n) is 7.30. The normalized spacial score (nSPS) is 11.7. The molecule has 0 fully saturated rings. The van der Waals surface area contributed by atoms with Gasteiger partial charge in [0.2, 0.25) is 0 Å². The number of carbonyl (C=O) groups excluding carboxylic acids is 1. The maximum Gasteiger partial charge on any atom is 0.260 e. The van der Waals surface area contributed by atoms with Gasteiger partial charge in [-0.15, -0.1) is 0 Å². The fourth-order valence-corrected chi connectivity index (χ4v) is 2.03. The summed E-state index contributed by atoms with van der Waals surface area (Å²) in [6, 6.07) is 11.0. The second-order valence-electron chi connectivity index (χ2n) is 4.88. The van der Waals surface area contributed by atoms with Crippen LogP contribution >= 0.6 is 0 Å². The fourth-order valence-electron chi connectivity index (χ4n) is 2.03. The minimum absolute atomic E-state index is 0.148. The van der Waals surface area contributed by atoms with E-state index < -0.39 is 6.10 Å². The lowest BCUT2D eigenvalue weighted by Crippen LogP contribution is -2.37. The van der Waals surface area contributed by atoms with Crippen molar-refractivity contribution < 1.29 is 18.7 Å². The van der Waals surface area contributed by atoms with E-state index in [-0.39, 0.29) is 5.91 Å². The lowest BCUT2D eigenvalue weighted by Gasteiger charge is -2.16. The number of carbonyl (C=O) groups is 1. The van der Waals surface area contributed by atoms with E-state index in [1.54, 1.807) is 32.4 Å². The van der Waals surface area contributed by atoms with Crippen LogP contribution in [0.4, 0.5) is 0 Å². The van der Waals surface area contributed by atoms with Crippen molar-refractivity contribution in [2.24, 2.45) is 0 Å². The number of hydrogen-bond acceptors (Lipinski definition) is 4. The summed E-state index contributed by atoms with van der Waals surface area (Å²) in [6.45, 7) is 2.30. The van der Waals surface area contributed by atoms with Crippen LogP contribution in [0.3, 0.4) is 0 Å². The third-order valence-electron chi connectivity index (χ3n) is 3.22. The van der Waals surface area contributed by atoms with Gasteiger partial charge in [-0.3, -0.25) is 4.79 Å². The van der Waals surface area contributed by atoms with E-state index >= 15 is 0 Å². The summed E-state index contributed by atoms with van der Waals surface area (Å²) in [5.41, 5.74) is 0. The first-order valence-corrected chi connectivity index (χ1v) is 7.30. The standard InChI is InChI=1S/C17H21NO4/c1-13(22-16-10-4-3-9-15(16)20-2)17(19)18-11-5-7-14-8-6-12-21-14/h3-4,6,8-10,12-13H,5,7,11H2,1-2H3,(H,18,19). The molecule has 5 heteroatoms. The van der Waals surface area contributed by atoms with Gasteiger partial charge in [0.15, 0.2) is 17.6 Å². The monoisotopic (exact) mass is 303 g/mol. The van der Waals surface area contributed by atoms with Gasteiger partial charge in [0, 0.05) is 13.0 Å². The average Bonchev–Trinajstić information content (AvgIpc) is 3.05. The Morgan fingerprint density at radius 1 is 1.23 bits per heavy atom. The molecule has 0 saturated heterocycles. The molecule has 1 N–H and O–H groups in total. The Morgan fingerprint density at radius 3 is 2.68 bits per heavy atom. The second-order valence-corrected chi connectivity index (χ2v) is 4.88. The number of para-hydroxylation sites is 2. The van der Waals surface area contributed by atoms with Crippen LogP contribution in [0.2, 0.25) is 0 Å². The fraction of sp³-hybridized carbons (Fsp3) is 0.353. The van der Waals surface area contributed by atoms with E-state index in [9.17, 15) is 4.79 Å². The Kier molecular flexibility index (Phi) is 5.89. The number of hydrogen-bond donors (Lipinski definition) is 1. The van der Waals surface area contributed by atoms with Gasteiger partial charge in [-0.05, 0) is 37.6 Å². The first-order chi connectivity index (χ1) is 10.7. The molecule has 1 unspecified atom stereocenters. The Labute approximate surface area is 130 Å². The third kappa shape index (κ3) is 4.55. The van der Waals surface area contributed by atoms with Gasteiger partial charge in [-0.25, -0.2) is 0 Å². The van der Waals surface area contributed by atoms with Crippen molar-refractivity contribution in [2.45, 2.75) is 25.9 Å². The van der Waals surface area contributed by atoms with Crippen molar-refractivity contribution in [3.8, 4) is 11.5 Å². The maximum atomic E-state index is 12.0. The average molecular weight is 303 g/mol. The largest absolute Gasteiger partial charge is 0.493 e. The number of nitrogens with one attached hydrogen (secondary N) is 1. The zero-order chi connectivity index (χ0) is 15.8. The van der Waals surface area contributed by atoms with Crippen LogP contribution in [0.5, 0.6) is 11.5 Å². The van der Waals surface area contributed by atoms with Crippen molar-refractivity contribution in [1.29, 1.82) is 0 Å². The van der Waals surface area contributed by atoms with Crippen molar-refractivity contribution in [3.05, 3.63) is 48.4 Å². The molecule has 1 amide bonds. The molecule has 1 aromatic carbocycles. The molecular formula is C17H21NO4. The lowest BCUT2D eigenvalue weighted by molar-refractivity contribution is -0.127. The smallest absolute Gasteiger partial charge is 0.260 e. The Morgan fingerprint density at radius 2 is 2.00 bits per heavy atom. The minimum atomic E-state index is -0.583. The van der Waals surface area contributed by atoms with Gasteiger partial charge in [-0.1, -0.05) is 12.1 Å². The van der Waals surface area contributed by atoms with Gasteiger partial charge in [-0.2, -0.15) is 0 Å². The summed E-state index contributed by atoms with van der Waals surface area (Å²) in [5.74, 6) is 1.95. The predicted octanol–water partition coefficient (Wildman–Crippen LogP) is 2.80. The van der Waals surface area contributed by atoms with E-state index in [4.69, 9.17) is 13.9 Å². The van der Waals surface area contributed by atoms with E-state index in [0.717, 1.165) is 18.6 Å². The summed E-state index contributed by atoms with van der Waals surface area (Å²) in [4.78, 5) is 12.0. The van der Waals surface area contributed by atoms with Gasteiger partial charge in [0.25, 0.3) is 5.91 Å². The Balaban J connectivity index is 1.74. The quantitative estimate of drug-likeness (QED) is 0.762. The number of furan rings is 1. The molecule has 1 aromatic heterocycles. The molecule has 0 aliphatic carbocycles. The van der Waals surface area contributed by atoms with E-state index in [0.29, 0.717) is 18.0 Å². The van der Waals surface area contributed by atoms with Gasteiger partial charge >= 0.3 is 0 Å². The van der Waals surface area contributed by atoms with Crippen molar-refractivity contribution in [1.82, 2.24) is 5.32 Å². The summed E-state index contributed by atoms with van der Waals surface area (Å²) in [6.07, 6.45) is 2.69. The summed E-state index contributed by atoms with van der Waals surface area (Å²) in [7, 11) is 1.57. The predicted molar refractivity (Wildman–Crippen MR) is 83.1 cm³/mol. The third-order valence-corrected chi connectivity index (χ3v) is 3.22. The maximum absolute atomic E-state index is 12.0. The topological polar surface area (TPSA) is 60.7 Å². The molecule has 0 bridgehead atoms. The Hall–Kier alpha value is -2.43. The molecule has 118 valence electrons. The number of benzene rings is 1. The van der Waals surface area contributed by atoms with Crippen LogP contribution in [-0.2, 0) is 11.2 Å². The highest BCUT2D eigenvalue weighted by Gasteiger charge is 2.16. The number of amides is 1. The summed E-state index contributed by atoms with van der Waals surface area (Å²) in [5, 5.41) is 2.86. The summed E-state index contributed by atoms with van der Waals surface area (Å²) < 4.78 is 16.1. The highest BCUT2D eigenvalue weighted by Crippen LogP contribution is 2.26. The number of ether oxygens (including phenoxy) is 2. The van der Waals surface area contributed by atoms with Crippen LogP contribution in [0.1, 0.15) is 19.1 Å². The molecule has 0 radical (unpaired) electrons. The first kappa shape index (κ1) is 15.9. The zero-order valence-corrected chi connectivity index (χ0v) is 12.9. The van der Waals surface area contributed by atoms with Crippen molar-refractivity contribution in [2.75, 3.05) is 13.7 Å². The van der Waals surface area contributed by atoms with Gasteiger partial charge in [0.05, 0.1) is 13.4 Å². The molecule has 0 saturated carbocycles. The molecule has 0 spiro atoms.